The molecule has 0 unspecified atom stereocenters. The average Bonchev–Trinajstić information content (AvgIpc) is 2.78. The van der Waals surface area contributed by atoms with Gasteiger partial charge in [-0.25, -0.2) is 4.39 Å². The summed E-state index contributed by atoms with van der Waals surface area (Å²) < 4.78 is 16.7. The number of nitrogens with zero attached hydrogens (tertiary/aromatic N) is 2. The molecule has 0 radical (unpaired) electrons. The Morgan fingerprint density at radius 2 is 2.31 bits per heavy atom. The predicted molar refractivity (Wildman–Crippen MR) is 59.4 cm³/mol. The summed E-state index contributed by atoms with van der Waals surface area (Å²) in [6, 6.07) is 4.38. The first-order chi connectivity index (χ1) is 7.68. The molecule has 0 saturated heterocycles. The molecule has 0 bridgehead atoms. The number of carbonyl (C=O) groups is 1. The van der Waals surface area contributed by atoms with Crippen molar-refractivity contribution in [3.05, 3.63) is 45.7 Å². The Labute approximate surface area is 100 Å². The highest BCUT2D eigenvalue weighted by molar-refractivity contribution is 7.03. The van der Waals surface area contributed by atoms with Gasteiger partial charge in [0.05, 0.1) is 5.02 Å². The van der Waals surface area contributed by atoms with Gasteiger partial charge in [0.25, 0.3) is 0 Å². The summed E-state index contributed by atoms with van der Waals surface area (Å²) in [5.74, 6) is -0.746. The van der Waals surface area contributed by atoms with Crippen molar-refractivity contribution in [2.24, 2.45) is 0 Å². The lowest BCUT2D eigenvalue weighted by atomic mass is 10.1. The van der Waals surface area contributed by atoms with Crippen molar-refractivity contribution in [1.29, 1.82) is 0 Å². The summed E-state index contributed by atoms with van der Waals surface area (Å²) in [7, 11) is 0. The maximum Gasteiger partial charge on any atom is 0.188 e. The second kappa shape index (κ2) is 4.67. The van der Waals surface area contributed by atoms with Crippen molar-refractivity contribution in [1.82, 2.24) is 9.59 Å². The Bertz CT molecular complexity index is 516. The van der Waals surface area contributed by atoms with Crippen molar-refractivity contribution >= 4 is 28.9 Å². The van der Waals surface area contributed by atoms with Gasteiger partial charge in [0, 0.05) is 11.8 Å². The van der Waals surface area contributed by atoms with Gasteiger partial charge in [-0.2, -0.15) is 0 Å². The minimum atomic E-state index is -0.525. The largest absolute Gasteiger partial charge is 0.292 e. The van der Waals surface area contributed by atoms with E-state index in [1.165, 1.54) is 12.1 Å². The van der Waals surface area contributed by atoms with Gasteiger partial charge < -0.3 is 0 Å². The zero-order valence-corrected chi connectivity index (χ0v) is 9.56. The van der Waals surface area contributed by atoms with Crippen molar-refractivity contribution in [3.8, 4) is 0 Å². The first-order valence-corrected chi connectivity index (χ1v) is 5.63. The lowest BCUT2D eigenvalue weighted by molar-refractivity contribution is 0.0988. The third kappa shape index (κ3) is 2.25. The van der Waals surface area contributed by atoms with Crippen LogP contribution in [0, 0.1) is 5.82 Å². The number of benzene rings is 1. The Morgan fingerprint density at radius 1 is 1.50 bits per heavy atom. The quantitative estimate of drug-likeness (QED) is 0.793. The average molecular weight is 257 g/mol. The second-order valence-electron chi connectivity index (χ2n) is 3.10. The molecule has 1 heterocycles. The van der Waals surface area contributed by atoms with Gasteiger partial charge in [0.1, 0.15) is 11.5 Å². The second-order valence-corrected chi connectivity index (χ2v) is 4.09. The highest BCUT2D eigenvalue weighted by atomic mass is 35.5. The first kappa shape index (κ1) is 11.2. The fourth-order valence-electron chi connectivity index (χ4n) is 1.23. The first-order valence-electron chi connectivity index (χ1n) is 4.41. The highest BCUT2D eigenvalue weighted by Crippen LogP contribution is 2.21. The molecule has 0 N–H and O–H groups in total. The zero-order chi connectivity index (χ0) is 11.5. The van der Waals surface area contributed by atoms with E-state index in [0.717, 1.165) is 11.5 Å². The number of carbonyl (C=O) groups excluding carboxylic acids is 1. The molecule has 3 nitrogen and oxygen atoms in total. The molecule has 0 atom stereocenters. The molecule has 0 aliphatic carbocycles. The van der Waals surface area contributed by atoms with Crippen molar-refractivity contribution in [2.45, 2.75) is 6.42 Å². The minimum Gasteiger partial charge on any atom is -0.292 e. The van der Waals surface area contributed by atoms with Crippen molar-refractivity contribution < 1.29 is 9.18 Å². The van der Waals surface area contributed by atoms with Gasteiger partial charge >= 0.3 is 0 Å². The molecule has 0 amide bonds. The van der Waals surface area contributed by atoms with Gasteiger partial charge in [0.2, 0.25) is 0 Å². The molecule has 0 spiro atoms. The van der Waals surface area contributed by atoms with E-state index in [4.69, 9.17) is 11.6 Å². The Morgan fingerprint density at radius 3 is 3.00 bits per heavy atom. The summed E-state index contributed by atoms with van der Waals surface area (Å²) in [6.07, 6.45) is 0.0298. The summed E-state index contributed by atoms with van der Waals surface area (Å²) in [5, 5.41) is 5.18. The van der Waals surface area contributed by atoms with E-state index in [-0.39, 0.29) is 22.9 Å². The molecule has 0 aliphatic rings. The van der Waals surface area contributed by atoms with E-state index in [2.05, 4.69) is 9.59 Å². The SMILES string of the molecule is O=C(Cc1cccc(F)c1Cl)c1csnn1. The molecule has 2 rings (SSSR count). The molecule has 0 fully saturated rings. The number of hydrogen-bond donors (Lipinski definition) is 0. The maximum atomic E-state index is 13.1. The van der Waals surface area contributed by atoms with Gasteiger partial charge in [-0.3, -0.25) is 4.79 Å². The van der Waals surface area contributed by atoms with Crippen LogP contribution in [-0.4, -0.2) is 15.4 Å². The fraction of sp³-hybridized carbons (Fsp3) is 0.100. The van der Waals surface area contributed by atoms with Crippen molar-refractivity contribution in [2.75, 3.05) is 0 Å². The third-order valence-corrected chi connectivity index (χ3v) is 2.96. The van der Waals surface area contributed by atoms with Crippen LogP contribution in [0.2, 0.25) is 5.02 Å². The van der Waals surface area contributed by atoms with E-state index in [0.29, 0.717) is 5.56 Å². The molecule has 6 heteroatoms. The van der Waals surface area contributed by atoms with E-state index >= 15 is 0 Å². The molecule has 0 saturated carbocycles. The number of ketones is 1. The normalized spacial score (nSPS) is 10.4. The van der Waals surface area contributed by atoms with Crippen LogP contribution < -0.4 is 0 Å². The molecule has 1 aromatic heterocycles. The number of Topliss-reactive ketones (excluding diaryl/α,β-unsaturated/α-hetero) is 1. The third-order valence-electron chi connectivity index (χ3n) is 2.03. The number of hydrogen-bond acceptors (Lipinski definition) is 4. The summed E-state index contributed by atoms with van der Waals surface area (Å²) in [6.45, 7) is 0. The molecule has 0 aliphatic heterocycles. The molecular weight excluding hydrogens is 251 g/mol. The Hall–Kier alpha value is -1.33. The summed E-state index contributed by atoms with van der Waals surface area (Å²) >= 11 is 6.83. The Kier molecular flexibility index (Phi) is 3.26. The van der Waals surface area contributed by atoms with Crippen LogP contribution in [0.15, 0.2) is 23.6 Å². The topological polar surface area (TPSA) is 42.9 Å². The molecular formula is C10H6ClFN2OS. The van der Waals surface area contributed by atoms with Crippen LogP contribution in [0.5, 0.6) is 0 Å². The molecule has 82 valence electrons. The van der Waals surface area contributed by atoms with Crippen molar-refractivity contribution in [3.63, 3.8) is 0 Å². The molecule has 1 aromatic carbocycles. The van der Waals surface area contributed by atoms with Crippen LogP contribution >= 0.6 is 23.1 Å². The number of aromatic nitrogens is 2. The monoisotopic (exact) mass is 256 g/mol. The standard InChI is InChI=1S/C10H6ClFN2OS/c11-10-6(2-1-3-7(10)12)4-9(15)8-5-16-14-13-8/h1-3,5H,4H2. The molecule has 16 heavy (non-hydrogen) atoms. The fourth-order valence-corrected chi connectivity index (χ4v) is 1.89. The van der Waals surface area contributed by atoms with Gasteiger partial charge in [-0.1, -0.05) is 28.2 Å². The van der Waals surface area contributed by atoms with E-state index < -0.39 is 5.82 Å². The number of rotatable bonds is 3. The van der Waals surface area contributed by atoms with Crippen LogP contribution in [0.3, 0.4) is 0 Å². The van der Waals surface area contributed by atoms with Crippen LogP contribution in [-0.2, 0) is 6.42 Å². The van der Waals surface area contributed by atoms with Gasteiger partial charge in [0.15, 0.2) is 5.78 Å². The Balaban J connectivity index is 2.22. The summed E-state index contributed by atoms with van der Waals surface area (Å²) in [5.41, 5.74) is 0.741. The zero-order valence-electron chi connectivity index (χ0n) is 7.98. The smallest absolute Gasteiger partial charge is 0.188 e. The molecule has 2 aromatic rings. The van der Waals surface area contributed by atoms with Gasteiger partial charge in [-0.15, -0.1) is 5.10 Å². The minimum absolute atomic E-state index is 0.0148. The number of halogens is 2. The lowest BCUT2D eigenvalue weighted by Crippen LogP contribution is -2.05. The lowest BCUT2D eigenvalue weighted by Gasteiger charge is -2.02. The van der Waals surface area contributed by atoms with Crippen LogP contribution in [0.4, 0.5) is 4.39 Å². The van der Waals surface area contributed by atoms with E-state index in [9.17, 15) is 9.18 Å². The van der Waals surface area contributed by atoms with Crippen LogP contribution in [0.25, 0.3) is 0 Å². The van der Waals surface area contributed by atoms with E-state index in [1.54, 1.807) is 11.4 Å². The highest BCUT2D eigenvalue weighted by Gasteiger charge is 2.13. The summed E-state index contributed by atoms with van der Waals surface area (Å²) in [4.78, 5) is 11.7. The van der Waals surface area contributed by atoms with Crippen LogP contribution in [0.1, 0.15) is 16.1 Å². The van der Waals surface area contributed by atoms with E-state index in [1.807, 2.05) is 0 Å². The van der Waals surface area contributed by atoms with Gasteiger partial charge in [-0.05, 0) is 23.2 Å². The maximum absolute atomic E-state index is 13.1. The predicted octanol–water partition coefficient (Wildman–Crippen LogP) is 2.76.